The van der Waals surface area contributed by atoms with Gasteiger partial charge in [0.1, 0.15) is 4.88 Å². The molecule has 2 N–H and O–H groups in total. The Hall–Kier alpha value is -2.99. The number of thiazole rings is 1. The number of hydrogen-bond acceptors (Lipinski definition) is 4. The molecular formula is C23H25N3O2S. The highest BCUT2D eigenvalue weighted by molar-refractivity contribution is 7.17. The minimum absolute atomic E-state index is 0.0903. The molecule has 3 rings (SSSR count). The molecule has 0 spiro atoms. The second kappa shape index (κ2) is 9.47. The number of nitrogens with zero attached hydrogens (tertiary/aromatic N) is 1. The zero-order valence-electron chi connectivity index (χ0n) is 16.9. The van der Waals surface area contributed by atoms with Gasteiger partial charge in [-0.1, -0.05) is 59.4 Å². The SMILES string of the molecule is Cc1cc(C)c(NC(=O)c2cnc(NC(=O)CCCc3ccccc3)s2)c(C)c1. The van der Waals surface area contributed by atoms with Gasteiger partial charge in [0.05, 0.1) is 6.20 Å². The number of hydrogen-bond donors (Lipinski definition) is 2. The summed E-state index contributed by atoms with van der Waals surface area (Å²) in [6.45, 7) is 5.98. The lowest BCUT2D eigenvalue weighted by atomic mass is 10.1. The molecule has 1 aromatic heterocycles. The number of nitrogens with one attached hydrogen (secondary N) is 2. The molecule has 0 aliphatic carbocycles. The lowest BCUT2D eigenvalue weighted by Gasteiger charge is -2.12. The second-order valence-electron chi connectivity index (χ2n) is 7.14. The largest absolute Gasteiger partial charge is 0.321 e. The molecule has 2 amide bonds. The Labute approximate surface area is 175 Å². The highest BCUT2D eigenvalue weighted by Crippen LogP contribution is 2.25. The standard InChI is InChI=1S/C23H25N3O2S/c1-15-12-16(2)21(17(3)13-15)26-22(28)19-14-24-23(29-19)25-20(27)11-7-10-18-8-5-4-6-9-18/h4-6,8-9,12-14H,7,10-11H2,1-3H3,(H,26,28)(H,24,25,27). The molecule has 0 bridgehead atoms. The topological polar surface area (TPSA) is 71.1 Å². The van der Waals surface area contributed by atoms with Crippen LogP contribution in [0.5, 0.6) is 0 Å². The molecule has 0 aliphatic rings. The van der Waals surface area contributed by atoms with E-state index in [4.69, 9.17) is 0 Å². The summed E-state index contributed by atoms with van der Waals surface area (Å²) in [5.41, 5.74) is 5.24. The van der Waals surface area contributed by atoms with Gasteiger partial charge < -0.3 is 10.6 Å². The van der Waals surface area contributed by atoms with Crippen LogP contribution in [0.2, 0.25) is 0 Å². The van der Waals surface area contributed by atoms with E-state index in [0.717, 1.165) is 35.2 Å². The first kappa shape index (κ1) is 20.7. The summed E-state index contributed by atoms with van der Waals surface area (Å²) in [7, 11) is 0. The predicted molar refractivity (Wildman–Crippen MR) is 119 cm³/mol. The summed E-state index contributed by atoms with van der Waals surface area (Å²) in [5, 5.41) is 6.19. The summed E-state index contributed by atoms with van der Waals surface area (Å²) < 4.78 is 0. The normalized spacial score (nSPS) is 10.6. The first-order valence-corrected chi connectivity index (χ1v) is 10.4. The van der Waals surface area contributed by atoms with Gasteiger partial charge in [-0.2, -0.15) is 0 Å². The molecule has 6 heteroatoms. The maximum Gasteiger partial charge on any atom is 0.267 e. The smallest absolute Gasteiger partial charge is 0.267 e. The van der Waals surface area contributed by atoms with Crippen LogP contribution in [0.3, 0.4) is 0 Å². The Bertz CT molecular complexity index is 989. The van der Waals surface area contributed by atoms with Crippen molar-refractivity contribution in [1.29, 1.82) is 0 Å². The molecule has 1 heterocycles. The Morgan fingerprint density at radius 1 is 1.00 bits per heavy atom. The van der Waals surface area contributed by atoms with E-state index >= 15 is 0 Å². The van der Waals surface area contributed by atoms with Crippen LogP contribution in [0.15, 0.2) is 48.7 Å². The van der Waals surface area contributed by atoms with E-state index in [9.17, 15) is 9.59 Å². The molecule has 3 aromatic rings. The summed E-state index contributed by atoms with van der Waals surface area (Å²) in [6, 6.07) is 14.2. The molecule has 29 heavy (non-hydrogen) atoms. The molecule has 0 saturated carbocycles. The first-order chi connectivity index (χ1) is 13.9. The Morgan fingerprint density at radius 2 is 1.69 bits per heavy atom. The minimum Gasteiger partial charge on any atom is -0.321 e. The number of carbonyl (C=O) groups excluding carboxylic acids is 2. The van der Waals surface area contributed by atoms with Crippen molar-refractivity contribution in [2.45, 2.75) is 40.0 Å². The van der Waals surface area contributed by atoms with Gasteiger partial charge in [-0.05, 0) is 50.3 Å². The maximum absolute atomic E-state index is 12.6. The van der Waals surface area contributed by atoms with Crippen LogP contribution in [0, 0.1) is 20.8 Å². The number of aryl methyl sites for hydroxylation is 4. The third-order valence-corrected chi connectivity index (χ3v) is 5.52. The van der Waals surface area contributed by atoms with Gasteiger partial charge in [0, 0.05) is 12.1 Å². The monoisotopic (exact) mass is 407 g/mol. The van der Waals surface area contributed by atoms with Crippen LogP contribution in [0.4, 0.5) is 10.8 Å². The average Bonchev–Trinajstić information content (AvgIpc) is 3.14. The summed E-state index contributed by atoms with van der Waals surface area (Å²) >= 11 is 1.18. The number of benzene rings is 2. The maximum atomic E-state index is 12.6. The van der Waals surface area contributed by atoms with Crippen molar-refractivity contribution in [2.24, 2.45) is 0 Å². The molecule has 0 atom stereocenters. The molecule has 150 valence electrons. The van der Waals surface area contributed by atoms with Crippen LogP contribution in [0.25, 0.3) is 0 Å². The van der Waals surface area contributed by atoms with Crippen molar-refractivity contribution in [3.8, 4) is 0 Å². The minimum atomic E-state index is -0.220. The zero-order valence-corrected chi connectivity index (χ0v) is 17.7. The van der Waals surface area contributed by atoms with Crippen LogP contribution in [0.1, 0.15) is 44.8 Å². The van der Waals surface area contributed by atoms with Crippen molar-refractivity contribution in [3.63, 3.8) is 0 Å². The van der Waals surface area contributed by atoms with Crippen LogP contribution in [-0.4, -0.2) is 16.8 Å². The van der Waals surface area contributed by atoms with Crippen LogP contribution >= 0.6 is 11.3 Å². The van der Waals surface area contributed by atoms with E-state index in [2.05, 4.69) is 27.8 Å². The van der Waals surface area contributed by atoms with E-state index in [1.807, 2.05) is 51.1 Å². The zero-order chi connectivity index (χ0) is 20.8. The fraction of sp³-hybridized carbons (Fsp3) is 0.261. The molecule has 0 aliphatic heterocycles. The number of anilines is 2. The molecule has 5 nitrogen and oxygen atoms in total. The predicted octanol–water partition coefficient (Wildman–Crippen LogP) is 5.28. The van der Waals surface area contributed by atoms with E-state index in [1.54, 1.807) is 0 Å². The Kier molecular flexibility index (Phi) is 6.77. The number of rotatable bonds is 7. The quantitative estimate of drug-likeness (QED) is 0.560. The summed E-state index contributed by atoms with van der Waals surface area (Å²) in [5.74, 6) is -0.311. The molecular weight excluding hydrogens is 382 g/mol. The van der Waals surface area contributed by atoms with Gasteiger partial charge in [-0.3, -0.25) is 9.59 Å². The van der Waals surface area contributed by atoms with Gasteiger partial charge in [-0.15, -0.1) is 0 Å². The average molecular weight is 408 g/mol. The fourth-order valence-corrected chi connectivity index (χ4v) is 4.00. The van der Waals surface area contributed by atoms with Crippen LogP contribution in [-0.2, 0) is 11.2 Å². The lowest BCUT2D eigenvalue weighted by Crippen LogP contribution is -2.12. The van der Waals surface area contributed by atoms with Gasteiger partial charge in [0.15, 0.2) is 5.13 Å². The Balaban J connectivity index is 1.53. The highest BCUT2D eigenvalue weighted by atomic mass is 32.1. The number of aromatic nitrogens is 1. The van der Waals surface area contributed by atoms with Crippen molar-refractivity contribution in [3.05, 3.63) is 75.8 Å². The fourth-order valence-electron chi connectivity index (χ4n) is 3.27. The second-order valence-corrected chi connectivity index (χ2v) is 8.18. The van der Waals surface area contributed by atoms with Gasteiger partial charge >= 0.3 is 0 Å². The number of carbonyl (C=O) groups is 2. The van der Waals surface area contributed by atoms with E-state index in [-0.39, 0.29) is 11.8 Å². The third kappa shape index (κ3) is 5.74. The van der Waals surface area contributed by atoms with Crippen molar-refractivity contribution in [2.75, 3.05) is 10.6 Å². The molecule has 0 radical (unpaired) electrons. The third-order valence-electron chi connectivity index (χ3n) is 4.60. The molecule has 0 fully saturated rings. The molecule has 0 unspecified atom stereocenters. The van der Waals surface area contributed by atoms with Crippen molar-refractivity contribution in [1.82, 2.24) is 4.98 Å². The Morgan fingerprint density at radius 3 is 2.38 bits per heavy atom. The lowest BCUT2D eigenvalue weighted by molar-refractivity contribution is -0.116. The van der Waals surface area contributed by atoms with Gasteiger partial charge in [0.2, 0.25) is 5.91 Å². The first-order valence-electron chi connectivity index (χ1n) is 9.61. The van der Waals surface area contributed by atoms with Gasteiger partial charge in [0.25, 0.3) is 5.91 Å². The van der Waals surface area contributed by atoms with E-state index in [1.165, 1.54) is 23.1 Å². The summed E-state index contributed by atoms with van der Waals surface area (Å²) in [6.07, 6.45) is 3.53. The van der Waals surface area contributed by atoms with E-state index in [0.29, 0.717) is 16.4 Å². The molecule has 0 saturated heterocycles. The van der Waals surface area contributed by atoms with Crippen molar-refractivity contribution >= 4 is 34.0 Å². The molecule has 2 aromatic carbocycles. The van der Waals surface area contributed by atoms with Crippen molar-refractivity contribution < 1.29 is 9.59 Å². The summed E-state index contributed by atoms with van der Waals surface area (Å²) in [4.78, 5) is 29.4. The number of amides is 2. The van der Waals surface area contributed by atoms with Gasteiger partial charge in [-0.25, -0.2) is 4.98 Å². The highest BCUT2D eigenvalue weighted by Gasteiger charge is 2.14. The van der Waals surface area contributed by atoms with Crippen LogP contribution < -0.4 is 10.6 Å². The van der Waals surface area contributed by atoms with E-state index < -0.39 is 0 Å².